The number of nitrogens with two attached hydrogens (primary N) is 1. The van der Waals surface area contributed by atoms with Crippen molar-refractivity contribution in [2.45, 2.75) is 4.21 Å². The van der Waals surface area contributed by atoms with Crippen molar-refractivity contribution >= 4 is 61.3 Å². The second kappa shape index (κ2) is 9.50. The quantitative estimate of drug-likeness (QED) is 0.300. The minimum absolute atomic E-state index is 0. The molecule has 2 amide bonds. The molecular formula is C20H18ClFN6O5S2. The van der Waals surface area contributed by atoms with E-state index in [2.05, 4.69) is 10.3 Å². The number of anilines is 2. The molecule has 0 saturated heterocycles. The van der Waals surface area contributed by atoms with Gasteiger partial charge in [-0.2, -0.15) is 12.7 Å². The van der Waals surface area contributed by atoms with Crippen molar-refractivity contribution in [1.29, 1.82) is 0 Å². The average Bonchev–Trinajstić information content (AvgIpc) is 3.22. The summed E-state index contributed by atoms with van der Waals surface area (Å²) in [6.07, 6.45) is 0. The molecule has 2 aromatic carbocycles. The molecule has 0 atom stereocenters. The van der Waals surface area contributed by atoms with Crippen LogP contribution in [0.3, 0.4) is 0 Å². The summed E-state index contributed by atoms with van der Waals surface area (Å²) >= 11 is 6.56. The minimum atomic E-state index is -4.36. The summed E-state index contributed by atoms with van der Waals surface area (Å²) in [7, 11) is -2.86. The number of rotatable bonds is 5. The van der Waals surface area contributed by atoms with Crippen LogP contribution < -0.4 is 32.8 Å². The number of fused-ring (bicyclic) bond motifs is 1. The number of nitrogens with zero attached hydrogens (tertiary/aromatic N) is 2. The van der Waals surface area contributed by atoms with Gasteiger partial charge in [-0.1, -0.05) is 11.6 Å². The number of H-pyrrole nitrogens is 1. The second-order valence-electron chi connectivity index (χ2n) is 6.88. The molecule has 15 heteroatoms. The second-order valence-corrected chi connectivity index (χ2v) is 10.6. The van der Waals surface area contributed by atoms with E-state index in [1.165, 1.54) is 49.5 Å². The Hall–Kier alpha value is -3.72. The molecule has 7 N–H and O–H groups in total. The molecule has 11 nitrogen and oxygen atoms in total. The van der Waals surface area contributed by atoms with E-state index < -0.39 is 33.1 Å². The van der Waals surface area contributed by atoms with E-state index in [1.807, 2.05) is 0 Å². The zero-order valence-electron chi connectivity index (χ0n) is 17.9. The Morgan fingerprint density at radius 2 is 1.83 bits per heavy atom. The minimum Gasteiger partial charge on any atom is -0.386 e. The van der Waals surface area contributed by atoms with Crippen LogP contribution in [0.2, 0.25) is 4.34 Å². The Kier molecular flexibility index (Phi) is 7.03. The number of benzene rings is 2. The largest absolute Gasteiger partial charge is 0.386 e. The van der Waals surface area contributed by atoms with E-state index >= 15 is 0 Å². The van der Waals surface area contributed by atoms with Crippen LogP contribution in [0.4, 0.5) is 20.6 Å². The highest BCUT2D eigenvalue weighted by atomic mass is 35.5. The van der Waals surface area contributed by atoms with Gasteiger partial charge in [0.2, 0.25) is 0 Å². The van der Waals surface area contributed by atoms with E-state index in [0.717, 1.165) is 22.0 Å². The smallest absolute Gasteiger partial charge is 0.333 e. The fraction of sp³-hybridized carbons (Fsp3) is 0.0500. The van der Waals surface area contributed by atoms with Gasteiger partial charge in [0.25, 0.3) is 15.6 Å². The number of primary amides is 1. The zero-order chi connectivity index (χ0) is 24.8. The van der Waals surface area contributed by atoms with E-state index in [0.29, 0.717) is 4.31 Å². The van der Waals surface area contributed by atoms with Gasteiger partial charge in [0.15, 0.2) is 0 Å². The van der Waals surface area contributed by atoms with Gasteiger partial charge in [-0.3, -0.25) is 4.79 Å². The number of aromatic amines is 1. The van der Waals surface area contributed by atoms with Crippen LogP contribution in [-0.4, -0.2) is 31.0 Å². The number of thiophene rings is 1. The van der Waals surface area contributed by atoms with Gasteiger partial charge in [-0.05, 0) is 48.5 Å². The predicted molar refractivity (Wildman–Crippen MR) is 133 cm³/mol. The molecule has 4 rings (SSSR count). The number of carbonyl (C=O) groups excluding carboxylic acids is 1. The van der Waals surface area contributed by atoms with Gasteiger partial charge in [-0.15, -0.1) is 11.3 Å². The highest BCUT2D eigenvalue weighted by Crippen LogP contribution is 2.31. The number of carbonyl (C=O) groups is 1. The summed E-state index contributed by atoms with van der Waals surface area (Å²) in [5.41, 5.74) is 3.89. The number of nitrogens with one attached hydrogen (secondary N) is 2. The van der Waals surface area contributed by atoms with Crippen molar-refractivity contribution in [1.82, 2.24) is 15.7 Å². The lowest BCUT2D eigenvalue weighted by molar-refractivity contribution is 0.257. The monoisotopic (exact) mass is 540 g/mol. The van der Waals surface area contributed by atoms with Crippen LogP contribution in [0.1, 0.15) is 0 Å². The van der Waals surface area contributed by atoms with E-state index in [-0.39, 0.29) is 42.7 Å². The number of aromatic nitrogens is 2. The Morgan fingerprint density at radius 3 is 2.37 bits per heavy atom. The third-order valence-electron chi connectivity index (χ3n) is 4.84. The van der Waals surface area contributed by atoms with Crippen LogP contribution in [0.25, 0.3) is 16.6 Å². The SMILES string of the molecule is CNc1cc2[nH]c(=O)n(-c3ccc(N(C(N)=O)S(=O)(=O)c4ccc(Cl)s4)cc3)c(=O)c2cc1F.N. The highest BCUT2D eigenvalue weighted by molar-refractivity contribution is 7.95. The summed E-state index contributed by atoms with van der Waals surface area (Å²) < 4.78 is 41.1. The Balaban J connectivity index is 0.00000342. The van der Waals surface area contributed by atoms with E-state index in [4.69, 9.17) is 17.3 Å². The van der Waals surface area contributed by atoms with E-state index in [1.54, 1.807) is 0 Å². The van der Waals surface area contributed by atoms with Gasteiger partial charge in [-0.25, -0.2) is 18.5 Å². The first kappa shape index (κ1) is 25.9. The lowest BCUT2D eigenvalue weighted by Crippen LogP contribution is -2.40. The summed E-state index contributed by atoms with van der Waals surface area (Å²) in [6, 6.07) is 8.54. The molecular weight excluding hydrogens is 523 g/mol. The standard InChI is InChI=1S/C20H15ClFN5O5S2.H3N/c1-24-15-9-14-12(8-13(15)22)18(28)26(20(30)25-14)10-2-4-11(5-3-10)27(19(23)29)34(31,32)17-7-6-16(21)33-17;/h2-9,24H,1H3,(H2,23,29)(H,25,30);1H3. The number of sulfonamides is 1. The van der Waals surface area contributed by atoms with Crippen LogP contribution in [0.15, 0.2) is 62.3 Å². The van der Waals surface area contributed by atoms with Crippen LogP contribution in [0, 0.1) is 5.82 Å². The predicted octanol–water partition coefficient (Wildman–Crippen LogP) is 3.01. The van der Waals surface area contributed by atoms with Crippen LogP contribution in [-0.2, 0) is 10.0 Å². The molecule has 0 unspecified atom stereocenters. The third kappa shape index (κ3) is 4.51. The highest BCUT2D eigenvalue weighted by Gasteiger charge is 2.31. The Labute approximate surface area is 206 Å². The maximum Gasteiger partial charge on any atom is 0.333 e. The molecule has 0 aliphatic rings. The number of halogens is 2. The van der Waals surface area contributed by atoms with Crippen molar-refractivity contribution in [2.24, 2.45) is 5.73 Å². The Bertz CT molecular complexity index is 1660. The van der Waals surface area contributed by atoms with Crippen LogP contribution in [0.5, 0.6) is 0 Å². The van der Waals surface area contributed by atoms with Crippen molar-refractivity contribution in [2.75, 3.05) is 16.7 Å². The normalized spacial score (nSPS) is 11.2. The van der Waals surface area contributed by atoms with Gasteiger partial charge in [0, 0.05) is 7.05 Å². The van der Waals surface area contributed by atoms with Gasteiger partial charge >= 0.3 is 11.7 Å². The third-order valence-corrected chi connectivity index (χ3v) is 8.26. The number of amides is 2. The lowest BCUT2D eigenvalue weighted by Gasteiger charge is -2.19. The molecule has 0 aliphatic heterocycles. The van der Waals surface area contributed by atoms with E-state index in [9.17, 15) is 27.2 Å². The number of hydrogen-bond donors (Lipinski definition) is 4. The maximum absolute atomic E-state index is 14.2. The lowest BCUT2D eigenvalue weighted by atomic mass is 10.2. The van der Waals surface area contributed by atoms with Crippen LogP contribution >= 0.6 is 22.9 Å². The summed E-state index contributed by atoms with van der Waals surface area (Å²) in [6.45, 7) is 0. The van der Waals surface area contributed by atoms with Gasteiger partial charge < -0.3 is 22.2 Å². The van der Waals surface area contributed by atoms with Gasteiger partial charge in [0.1, 0.15) is 10.0 Å². The number of urea groups is 1. The molecule has 0 radical (unpaired) electrons. The Morgan fingerprint density at radius 1 is 1.17 bits per heavy atom. The summed E-state index contributed by atoms with van der Waals surface area (Å²) in [5, 5.41) is 2.55. The molecule has 0 aliphatic carbocycles. The molecule has 2 heterocycles. The average molecular weight is 541 g/mol. The molecule has 0 bridgehead atoms. The molecule has 35 heavy (non-hydrogen) atoms. The first-order valence-corrected chi connectivity index (χ1v) is 12.0. The summed E-state index contributed by atoms with van der Waals surface area (Å²) in [4.78, 5) is 40.1. The van der Waals surface area contributed by atoms with Crippen molar-refractivity contribution in [3.05, 3.63) is 79.5 Å². The molecule has 4 aromatic rings. The fourth-order valence-electron chi connectivity index (χ4n) is 3.31. The first-order valence-electron chi connectivity index (χ1n) is 9.41. The summed E-state index contributed by atoms with van der Waals surface area (Å²) in [5.74, 6) is -0.683. The maximum atomic E-state index is 14.2. The molecule has 2 aromatic heterocycles. The molecule has 0 spiro atoms. The zero-order valence-corrected chi connectivity index (χ0v) is 20.3. The van der Waals surface area contributed by atoms with Crippen molar-refractivity contribution < 1.29 is 17.6 Å². The van der Waals surface area contributed by atoms with Gasteiger partial charge in [0.05, 0.1) is 32.3 Å². The molecule has 0 saturated carbocycles. The number of hydrogen-bond acceptors (Lipinski definition) is 8. The molecule has 0 fully saturated rings. The van der Waals surface area contributed by atoms with Crippen molar-refractivity contribution in [3.63, 3.8) is 0 Å². The first-order chi connectivity index (χ1) is 16.0. The molecule has 184 valence electrons. The van der Waals surface area contributed by atoms with Crippen molar-refractivity contribution in [3.8, 4) is 5.69 Å². The fourth-order valence-corrected chi connectivity index (χ4v) is 6.20. The topological polar surface area (TPSA) is 182 Å².